The highest BCUT2D eigenvalue weighted by Crippen LogP contribution is 2.56. The van der Waals surface area contributed by atoms with Crippen LogP contribution in [0.1, 0.15) is 62.8 Å². The van der Waals surface area contributed by atoms with Crippen molar-refractivity contribution in [1.29, 1.82) is 0 Å². The molecule has 0 saturated carbocycles. The lowest BCUT2D eigenvalue weighted by molar-refractivity contribution is 0.628. The van der Waals surface area contributed by atoms with Crippen LogP contribution in [0.4, 0.5) is 17.1 Å². The fourth-order valence-corrected chi connectivity index (χ4v) is 12.7. The molecule has 3 aliphatic carbocycles. The quantitative estimate of drug-likeness (QED) is 0.160. The molecule has 2 nitrogen and oxygen atoms in total. The molecule has 2 aromatic heterocycles. The van der Waals surface area contributed by atoms with Gasteiger partial charge in [0.05, 0.1) is 0 Å². The number of thiophene rings is 1. The minimum absolute atomic E-state index is 0.0596. The molecule has 3 aliphatic rings. The Morgan fingerprint density at radius 2 is 1.15 bits per heavy atom. The van der Waals surface area contributed by atoms with E-state index in [2.05, 4.69) is 220 Å². The molecule has 310 valence electrons. The van der Waals surface area contributed by atoms with E-state index in [1.165, 1.54) is 87.0 Å². The van der Waals surface area contributed by atoms with Crippen molar-refractivity contribution in [2.75, 3.05) is 4.90 Å². The van der Waals surface area contributed by atoms with Crippen LogP contribution >= 0.6 is 11.3 Å². The topological polar surface area (TPSA) is 16.4 Å². The second kappa shape index (κ2) is 14.1. The van der Waals surface area contributed by atoms with Gasteiger partial charge in [0.2, 0.25) is 0 Å². The second-order valence-electron chi connectivity index (χ2n) is 18.9. The summed E-state index contributed by atoms with van der Waals surface area (Å²) in [7, 11) is 0. The van der Waals surface area contributed by atoms with E-state index in [0.717, 1.165) is 51.8 Å². The van der Waals surface area contributed by atoms with Crippen molar-refractivity contribution in [2.24, 2.45) is 0 Å². The minimum atomic E-state index is -0.177. The summed E-state index contributed by atoms with van der Waals surface area (Å²) in [5.41, 5.74) is 20.5. The third kappa shape index (κ3) is 5.60. The molecule has 65 heavy (non-hydrogen) atoms. The van der Waals surface area contributed by atoms with E-state index in [9.17, 15) is 0 Å². The normalized spacial score (nSPS) is 15.9. The van der Waals surface area contributed by atoms with E-state index < -0.39 is 0 Å². The first-order valence-electron chi connectivity index (χ1n) is 22.8. The predicted octanol–water partition coefficient (Wildman–Crippen LogP) is 17.5. The van der Waals surface area contributed by atoms with Crippen molar-refractivity contribution in [3.8, 4) is 45.2 Å². The van der Waals surface area contributed by atoms with Gasteiger partial charge in [0, 0.05) is 82.8 Å². The molecule has 0 saturated heterocycles. The van der Waals surface area contributed by atoms with Crippen molar-refractivity contribution < 1.29 is 4.42 Å². The lowest BCUT2D eigenvalue weighted by atomic mass is 9.79. The Bertz CT molecular complexity index is 3750. The number of para-hydroxylation sites is 1. The third-order valence-corrected chi connectivity index (χ3v) is 15.9. The van der Waals surface area contributed by atoms with Crippen LogP contribution in [-0.2, 0) is 10.8 Å². The Hall–Kier alpha value is -7.38. The zero-order valence-electron chi connectivity index (χ0n) is 36.9. The fraction of sp³-hybridized carbons (Fsp3) is 0.129. The van der Waals surface area contributed by atoms with Gasteiger partial charge in [-0.2, -0.15) is 0 Å². The fourth-order valence-electron chi connectivity index (χ4n) is 11.3. The van der Waals surface area contributed by atoms with Gasteiger partial charge in [0.25, 0.3) is 0 Å². The molecule has 0 radical (unpaired) electrons. The number of hydrogen-bond donors (Lipinski definition) is 0. The molecule has 2 heterocycles. The zero-order valence-corrected chi connectivity index (χ0v) is 37.7. The first-order valence-corrected chi connectivity index (χ1v) is 23.6. The van der Waals surface area contributed by atoms with Gasteiger partial charge in [0.15, 0.2) is 0 Å². The van der Waals surface area contributed by atoms with E-state index in [0.29, 0.717) is 0 Å². The molecule has 0 bridgehead atoms. The molecule has 3 heteroatoms. The summed E-state index contributed by atoms with van der Waals surface area (Å²) < 4.78 is 9.42. The number of anilines is 3. The van der Waals surface area contributed by atoms with Crippen LogP contribution in [0.3, 0.4) is 0 Å². The standard InChI is InChI=1S/C62H45NOS/c1-61(2)51-21-11-6-5-10-18-49(51)57-54(61)36-33-48-47-20-14-19-44(59(47)65-60(48)57)40-25-29-42(30-26-40)63(41-27-23-39(24-28-41)38-15-8-7-9-16-38)43-31-34-52-50(37-43)56-53(62(52,3)4)35-32-46-45-17-12-13-22-55(45)64-58(46)56/h7-10,12-20,22-37H,5,21H2,1-4H3/b18-10-. The van der Waals surface area contributed by atoms with Crippen LogP contribution in [-0.4, -0.2) is 0 Å². The second-order valence-corrected chi connectivity index (χ2v) is 19.9. The molecule has 0 N–H and O–H groups in total. The summed E-state index contributed by atoms with van der Waals surface area (Å²) >= 11 is 1.95. The number of allylic oxidation sites excluding steroid dienone is 4. The van der Waals surface area contributed by atoms with Crippen LogP contribution in [0, 0.1) is 11.8 Å². The van der Waals surface area contributed by atoms with E-state index in [1.54, 1.807) is 0 Å². The maximum atomic E-state index is 6.72. The largest absolute Gasteiger partial charge is 0.455 e. The molecule has 0 spiro atoms. The van der Waals surface area contributed by atoms with E-state index >= 15 is 0 Å². The minimum Gasteiger partial charge on any atom is -0.455 e. The Balaban J connectivity index is 0.950. The zero-order chi connectivity index (χ0) is 43.6. The molecular weight excluding hydrogens is 807 g/mol. The molecule has 0 atom stereocenters. The van der Waals surface area contributed by atoms with Gasteiger partial charge in [0.1, 0.15) is 11.2 Å². The first-order chi connectivity index (χ1) is 31.8. The molecule has 8 aromatic carbocycles. The lowest BCUT2D eigenvalue weighted by Crippen LogP contribution is -2.17. The highest BCUT2D eigenvalue weighted by molar-refractivity contribution is 7.26. The van der Waals surface area contributed by atoms with Gasteiger partial charge >= 0.3 is 0 Å². The molecule has 13 rings (SSSR count). The first kappa shape index (κ1) is 38.1. The summed E-state index contributed by atoms with van der Waals surface area (Å²) in [6, 6.07) is 60.5. The van der Waals surface area contributed by atoms with Gasteiger partial charge in [-0.3, -0.25) is 0 Å². The third-order valence-electron chi connectivity index (χ3n) is 14.7. The molecular formula is C62H45NOS. The number of nitrogens with zero attached hydrogens (tertiary/aromatic N) is 1. The number of furan rings is 1. The Morgan fingerprint density at radius 3 is 1.95 bits per heavy atom. The number of rotatable bonds is 5. The maximum Gasteiger partial charge on any atom is 0.143 e. The van der Waals surface area contributed by atoms with Crippen molar-refractivity contribution >= 4 is 76.1 Å². The van der Waals surface area contributed by atoms with Gasteiger partial charge < -0.3 is 9.32 Å². The monoisotopic (exact) mass is 851 g/mol. The SMILES string of the molecule is CC1(C)C2=C(/C=C\CC#CC2)c2c1ccc1c2sc2c(-c3ccc(N(c4ccc(-c5ccccc5)cc4)c4ccc5c(c4)-c4c(ccc6c4oc4ccccc46)C5(C)C)cc3)cccc21. The van der Waals surface area contributed by atoms with E-state index in [4.69, 9.17) is 4.42 Å². The summed E-state index contributed by atoms with van der Waals surface area (Å²) in [5, 5.41) is 4.96. The smallest absolute Gasteiger partial charge is 0.143 e. The molecule has 0 unspecified atom stereocenters. The van der Waals surface area contributed by atoms with Crippen molar-refractivity contribution in [2.45, 2.75) is 51.4 Å². The van der Waals surface area contributed by atoms with Crippen LogP contribution < -0.4 is 4.90 Å². The molecule has 0 amide bonds. The van der Waals surface area contributed by atoms with Gasteiger partial charge in [-0.15, -0.1) is 11.3 Å². The number of benzene rings is 8. The summed E-state index contributed by atoms with van der Waals surface area (Å²) in [5.74, 6) is 6.80. The molecule has 0 fully saturated rings. The van der Waals surface area contributed by atoms with Crippen molar-refractivity contribution in [3.63, 3.8) is 0 Å². The average Bonchev–Trinajstić information content (AvgIpc) is 4.02. The number of fused-ring (bicyclic) bond motifs is 13. The molecule has 0 aliphatic heterocycles. The number of hydrogen-bond acceptors (Lipinski definition) is 3. The maximum absolute atomic E-state index is 6.72. The van der Waals surface area contributed by atoms with Crippen molar-refractivity contribution in [3.05, 3.63) is 204 Å². The Labute approximate surface area is 383 Å². The van der Waals surface area contributed by atoms with Crippen molar-refractivity contribution in [1.82, 2.24) is 0 Å². The van der Waals surface area contributed by atoms with E-state index in [1.807, 2.05) is 11.3 Å². The highest BCUT2D eigenvalue weighted by atomic mass is 32.1. The average molecular weight is 852 g/mol. The Morgan fingerprint density at radius 1 is 0.508 bits per heavy atom. The molecule has 10 aromatic rings. The summed E-state index contributed by atoms with van der Waals surface area (Å²) in [6.45, 7) is 9.44. The summed E-state index contributed by atoms with van der Waals surface area (Å²) in [6.07, 6.45) is 6.22. The van der Waals surface area contributed by atoms with Crippen LogP contribution in [0.2, 0.25) is 0 Å². The summed E-state index contributed by atoms with van der Waals surface area (Å²) in [4.78, 5) is 2.41. The van der Waals surface area contributed by atoms with Crippen LogP contribution in [0.5, 0.6) is 0 Å². The van der Waals surface area contributed by atoms with Gasteiger partial charge in [-0.25, -0.2) is 0 Å². The van der Waals surface area contributed by atoms with Crippen LogP contribution in [0.25, 0.3) is 81.1 Å². The van der Waals surface area contributed by atoms with Gasteiger partial charge in [-0.1, -0.05) is 173 Å². The van der Waals surface area contributed by atoms with Gasteiger partial charge in [-0.05, 0) is 98.1 Å². The van der Waals surface area contributed by atoms with E-state index in [-0.39, 0.29) is 10.8 Å². The predicted molar refractivity (Wildman–Crippen MR) is 276 cm³/mol. The van der Waals surface area contributed by atoms with Crippen LogP contribution in [0.15, 0.2) is 186 Å². The Kier molecular flexibility index (Phi) is 8.24. The lowest BCUT2D eigenvalue weighted by Gasteiger charge is -2.27. The highest BCUT2D eigenvalue weighted by Gasteiger charge is 2.40.